The van der Waals surface area contributed by atoms with Crippen molar-refractivity contribution in [1.82, 2.24) is 15.0 Å². The van der Waals surface area contributed by atoms with Crippen LogP contribution in [0.2, 0.25) is 0 Å². The van der Waals surface area contributed by atoms with Crippen LogP contribution in [0.25, 0.3) is 34.0 Å². The molecule has 204 valence electrons. The molecule has 0 atom stereocenters. The molecule has 4 rings (SSSR count). The summed E-state index contributed by atoms with van der Waals surface area (Å²) in [4.78, 5) is 17.9. The van der Waals surface area contributed by atoms with Gasteiger partial charge in [-0.15, -0.1) is 0 Å². The van der Waals surface area contributed by atoms with Gasteiger partial charge >= 0.3 is 12.1 Å². The maximum atomic E-state index is 14.0. The van der Waals surface area contributed by atoms with Gasteiger partial charge in [0.2, 0.25) is 5.82 Å². The van der Waals surface area contributed by atoms with E-state index >= 15 is 0 Å². The van der Waals surface area contributed by atoms with Crippen LogP contribution in [0, 0.1) is 6.92 Å². The molecule has 0 saturated carbocycles. The molecule has 0 fully saturated rings. The largest absolute Gasteiger partial charge is 0.480 e. The lowest BCUT2D eigenvalue weighted by atomic mass is 9.87. The van der Waals surface area contributed by atoms with Crippen LogP contribution in [0.15, 0.2) is 71.3 Å². The minimum Gasteiger partial charge on any atom is -0.480 e. The number of likely N-dealkylation sites (N-methyl/N-ethyl adjacent to an activating group) is 1. The fourth-order valence-corrected chi connectivity index (χ4v) is 4.54. The van der Waals surface area contributed by atoms with E-state index in [2.05, 4.69) is 10.1 Å². The summed E-state index contributed by atoms with van der Waals surface area (Å²) in [7, 11) is 1.76. The van der Waals surface area contributed by atoms with Crippen LogP contribution >= 0.6 is 0 Å². The van der Waals surface area contributed by atoms with E-state index in [1.807, 2.05) is 26.0 Å². The summed E-state index contributed by atoms with van der Waals surface area (Å²) in [6.45, 7) is 8.91. The Kier molecular flexibility index (Phi) is 7.16. The van der Waals surface area contributed by atoms with Gasteiger partial charge in [-0.25, -0.2) is 0 Å². The molecule has 0 radical (unpaired) electrons. The molecule has 1 heterocycles. The number of halogens is 3. The highest BCUT2D eigenvalue weighted by Crippen LogP contribution is 2.40. The van der Waals surface area contributed by atoms with Crippen molar-refractivity contribution in [3.8, 4) is 34.0 Å². The Labute approximate surface area is 225 Å². The Bertz CT molecular complexity index is 1510. The van der Waals surface area contributed by atoms with E-state index in [1.54, 1.807) is 75.2 Å². The third-order valence-electron chi connectivity index (χ3n) is 7.48. The average molecular weight is 538 g/mol. The van der Waals surface area contributed by atoms with Crippen molar-refractivity contribution in [2.45, 2.75) is 51.9 Å². The monoisotopic (exact) mass is 537 g/mol. The summed E-state index contributed by atoms with van der Waals surface area (Å²) in [6, 6.07) is 18.2. The summed E-state index contributed by atoms with van der Waals surface area (Å²) in [5, 5.41) is 13.6. The Balaban J connectivity index is 1.65. The molecule has 4 aromatic rings. The van der Waals surface area contributed by atoms with Crippen molar-refractivity contribution in [1.29, 1.82) is 0 Å². The second-order valence-electron chi connectivity index (χ2n) is 10.6. The molecule has 0 amide bonds. The van der Waals surface area contributed by atoms with Gasteiger partial charge < -0.3 is 9.63 Å². The molecule has 3 aromatic carbocycles. The molecule has 0 saturated heterocycles. The summed E-state index contributed by atoms with van der Waals surface area (Å²) in [5.41, 5.74) is 0.458. The summed E-state index contributed by atoms with van der Waals surface area (Å²) in [6.07, 6.45) is -4.58. The van der Waals surface area contributed by atoms with Crippen LogP contribution in [0.3, 0.4) is 0 Å². The molecule has 39 heavy (non-hydrogen) atoms. The van der Waals surface area contributed by atoms with Gasteiger partial charge in [-0.3, -0.25) is 9.69 Å². The molecular weight excluding hydrogens is 507 g/mol. The van der Waals surface area contributed by atoms with E-state index in [9.17, 15) is 23.1 Å². The van der Waals surface area contributed by atoms with Crippen molar-refractivity contribution in [2.75, 3.05) is 7.05 Å². The van der Waals surface area contributed by atoms with Gasteiger partial charge in [-0.05, 0) is 76.1 Å². The highest BCUT2D eigenvalue weighted by atomic mass is 19.4. The third-order valence-corrected chi connectivity index (χ3v) is 7.48. The average Bonchev–Trinajstić information content (AvgIpc) is 3.38. The number of carboxylic acids is 1. The predicted molar refractivity (Wildman–Crippen MR) is 143 cm³/mol. The molecule has 0 aliphatic carbocycles. The first kappa shape index (κ1) is 28.0. The van der Waals surface area contributed by atoms with Gasteiger partial charge in [0.25, 0.3) is 5.89 Å². The van der Waals surface area contributed by atoms with Gasteiger partial charge in [0.15, 0.2) is 0 Å². The van der Waals surface area contributed by atoms with Crippen LogP contribution < -0.4 is 0 Å². The molecule has 9 heteroatoms. The molecular formula is C30H30F3N3O3. The van der Waals surface area contributed by atoms with Gasteiger partial charge in [-0.2, -0.15) is 18.2 Å². The summed E-state index contributed by atoms with van der Waals surface area (Å²) >= 11 is 0. The Morgan fingerprint density at radius 3 is 2.10 bits per heavy atom. The predicted octanol–water partition coefficient (Wildman–Crippen LogP) is 7.43. The van der Waals surface area contributed by atoms with Gasteiger partial charge in [0, 0.05) is 16.7 Å². The van der Waals surface area contributed by atoms with E-state index in [1.165, 1.54) is 6.07 Å². The van der Waals surface area contributed by atoms with E-state index in [-0.39, 0.29) is 22.8 Å². The minimum absolute atomic E-state index is 0.0285. The first-order chi connectivity index (χ1) is 18.1. The van der Waals surface area contributed by atoms with E-state index in [4.69, 9.17) is 4.52 Å². The molecule has 0 bridgehead atoms. The zero-order valence-electron chi connectivity index (χ0n) is 22.6. The van der Waals surface area contributed by atoms with E-state index in [0.717, 1.165) is 17.2 Å². The lowest BCUT2D eigenvalue weighted by Crippen LogP contribution is -2.55. The van der Waals surface area contributed by atoms with Gasteiger partial charge in [0.05, 0.1) is 5.56 Å². The maximum Gasteiger partial charge on any atom is 0.417 e. The molecule has 6 nitrogen and oxygen atoms in total. The topological polar surface area (TPSA) is 79.5 Å². The number of rotatable bonds is 7. The number of aliphatic carboxylic acids is 1. The highest BCUT2D eigenvalue weighted by molar-refractivity contribution is 5.78. The fourth-order valence-electron chi connectivity index (χ4n) is 4.54. The zero-order chi connectivity index (χ0) is 28.8. The molecule has 0 aliphatic rings. The van der Waals surface area contributed by atoms with Crippen molar-refractivity contribution in [3.63, 3.8) is 0 Å². The summed E-state index contributed by atoms with van der Waals surface area (Å²) in [5.74, 6) is -0.737. The van der Waals surface area contributed by atoms with Crippen molar-refractivity contribution in [3.05, 3.63) is 83.4 Å². The number of carboxylic acid groups (broad SMARTS) is 1. The van der Waals surface area contributed by atoms with Crippen molar-refractivity contribution >= 4 is 5.97 Å². The Morgan fingerprint density at radius 1 is 0.897 bits per heavy atom. The van der Waals surface area contributed by atoms with Crippen LogP contribution in [0.4, 0.5) is 13.2 Å². The summed E-state index contributed by atoms with van der Waals surface area (Å²) < 4.78 is 47.5. The van der Waals surface area contributed by atoms with Crippen LogP contribution in [0.1, 0.15) is 44.4 Å². The first-order valence-electron chi connectivity index (χ1n) is 12.3. The standard InChI is InChI=1S/C30H30F3N3O3/c1-18-9-7-8-10-22(18)23-16-13-20(17-24(23)30(31,32)33)26-34-25(35-39-26)19-11-14-21(15-12-19)28(2,3)36(6)29(4,5)27(37)38/h7-17H,1-6H3,(H,37,38). The van der Waals surface area contributed by atoms with Crippen LogP contribution in [-0.4, -0.2) is 38.7 Å². The Morgan fingerprint density at radius 2 is 1.51 bits per heavy atom. The van der Waals surface area contributed by atoms with Gasteiger partial charge in [-0.1, -0.05) is 59.8 Å². The smallest absolute Gasteiger partial charge is 0.417 e. The van der Waals surface area contributed by atoms with Crippen molar-refractivity contribution < 1.29 is 27.6 Å². The quantitative estimate of drug-likeness (QED) is 0.264. The fraction of sp³-hybridized carbons (Fsp3) is 0.300. The molecule has 0 spiro atoms. The lowest BCUT2D eigenvalue weighted by Gasteiger charge is -2.44. The number of nitrogens with zero attached hydrogens (tertiary/aromatic N) is 3. The number of aromatic nitrogens is 2. The minimum atomic E-state index is -4.58. The lowest BCUT2D eigenvalue weighted by molar-refractivity contribution is -0.152. The number of aryl methyl sites for hydroxylation is 1. The van der Waals surface area contributed by atoms with Crippen LogP contribution in [0.5, 0.6) is 0 Å². The van der Waals surface area contributed by atoms with E-state index in [0.29, 0.717) is 11.1 Å². The second-order valence-corrected chi connectivity index (χ2v) is 10.6. The highest BCUT2D eigenvalue weighted by Gasteiger charge is 2.41. The number of hydrogen-bond donors (Lipinski definition) is 1. The number of carbonyl (C=O) groups is 1. The molecule has 0 aliphatic heterocycles. The molecule has 0 unspecified atom stereocenters. The molecule has 1 N–H and O–H groups in total. The first-order valence-corrected chi connectivity index (χ1v) is 12.3. The number of benzene rings is 3. The third kappa shape index (κ3) is 5.31. The maximum absolute atomic E-state index is 14.0. The molecule has 1 aromatic heterocycles. The normalized spacial score (nSPS) is 12.7. The van der Waals surface area contributed by atoms with Gasteiger partial charge in [0.1, 0.15) is 5.54 Å². The number of alkyl halides is 3. The van der Waals surface area contributed by atoms with Crippen LogP contribution in [-0.2, 0) is 16.5 Å². The SMILES string of the molecule is Cc1ccccc1-c1ccc(-c2nc(-c3ccc(C(C)(C)N(C)C(C)(C)C(=O)O)cc3)no2)cc1C(F)(F)F. The van der Waals surface area contributed by atoms with E-state index < -0.39 is 28.8 Å². The zero-order valence-corrected chi connectivity index (χ0v) is 22.6. The second kappa shape index (κ2) is 9.96. The number of hydrogen-bond acceptors (Lipinski definition) is 5. The van der Waals surface area contributed by atoms with Crippen molar-refractivity contribution in [2.24, 2.45) is 0 Å². The Hall–Kier alpha value is -3.98.